The Kier molecular flexibility index (Phi) is 8.31. The molecule has 0 bridgehead atoms. The second-order valence-electron chi connectivity index (χ2n) is 9.12. The largest absolute Gasteiger partial charge is 0.340 e. The third-order valence-electron chi connectivity index (χ3n) is 6.32. The summed E-state index contributed by atoms with van der Waals surface area (Å²) in [5, 5.41) is 6.83. The number of pyridine rings is 1. The van der Waals surface area contributed by atoms with E-state index in [9.17, 15) is 8.42 Å². The summed E-state index contributed by atoms with van der Waals surface area (Å²) >= 11 is 0. The lowest BCUT2D eigenvalue weighted by atomic mass is 9.89. The van der Waals surface area contributed by atoms with Crippen molar-refractivity contribution in [2.24, 2.45) is 0 Å². The molecule has 0 radical (unpaired) electrons. The van der Waals surface area contributed by atoms with Gasteiger partial charge in [0.2, 0.25) is 10.0 Å². The van der Waals surface area contributed by atoms with Crippen molar-refractivity contribution >= 4 is 33.0 Å². The highest BCUT2D eigenvalue weighted by Crippen LogP contribution is 2.32. The fourth-order valence-corrected chi connectivity index (χ4v) is 5.52. The van der Waals surface area contributed by atoms with Crippen molar-refractivity contribution in [1.82, 2.24) is 9.71 Å². The van der Waals surface area contributed by atoms with E-state index >= 15 is 0 Å². The van der Waals surface area contributed by atoms with E-state index in [1.807, 2.05) is 91.0 Å². The van der Waals surface area contributed by atoms with Crippen molar-refractivity contribution in [3.05, 3.63) is 145 Å². The first-order valence-electron chi connectivity index (χ1n) is 12.8. The van der Waals surface area contributed by atoms with Crippen LogP contribution in [0.4, 0.5) is 23.0 Å². The summed E-state index contributed by atoms with van der Waals surface area (Å²) in [4.78, 5) is 5.08. The van der Waals surface area contributed by atoms with Gasteiger partial charge in [0.15, 0.2) is 0 Å². The summed E-state index contributed by atoms with van der Waals surface area (Å²) in [6, 6.07) is 42.5. The van der Waals surface area contributed by atoms with Crippen LogP contribution in [0.5, 0.6) is 0 Å². The van der Waals surface area contributed by atoms with Crippen LogP contribution in [0.2, 0.25) is 0 Å². The van der Waals surface area contributed by atoms with Crippen LogP contribution in [0.15, 0.2) is 138 Å². The van der Waals surface area contributed by atoms with E-state index in [-0.39, 0.29) is 17.4 Å². The summed E-state index contributed by atoms with van der Waals surface area (Å²) in [6.45, 7) is 0.280. The van der Waals surface area contributed by atoms with E-state index in [2.05, 4.69) is 27.5 Å². The summed E-state index contributed by atoms with van der Waals surface area (Å²) in [7, 11) is -3.61. The Morgan fingerprint density at radius 1 is 0.590 bits per heavy atom. The first-order valence-corrected chi connectivity index (χ1v) is 14.3. The second kappa shape index (κ2) is 12.4. The predicted octanol–water partition coefficient (Wildman–Crippen LogP) is 7.07. The molecular weight excluding hydrogens is 504 g/mol. The van der Waals surface area contributed by atoms with Crippen molar-refractivity contribution in [2.45, 2.75) is 17.2 Å². The van der Waals surface area contributed by atoms with E-state index in [1.165, 1.54) is 0 Å². The number of benzene rings is 4. The summed E-state index contributed by atoms with van der Waals surface area (Å²) < 4.78 is 28.5. The molecule has 3 N–H and O–H groups in total. The van der Waals surface area contributed by atoms with Crippen LogP contribution in [-0.2, 0) is 10.0 Å². The molecule has 0 aliphatic rings. The molecule has 5 aromatic rings. The smallest absolute Gasteiger partial charge is 0.240 e. The number of aromatic nitrogens is 1. The first kappa shape index (κ1) is 26.2. The van der Waals surface area contributed by atoms with Gasteiger partial charge in [-0.15, -0.1) is 0 Å². The van der Waals surface area contributed by atoms with E-state index in [4.69, 9.17) is 4.98 Å². The standard InChI is InChI=1S/C32H30N4O2S/c37-39(38,29-19-11-4-12-20-29)33-22-21-30(25-13-5-1-6-14-25)26-23-31(34-27-15-7-2-8-16-27)36-32(24-26)35-28-17-9-3-10-18-28/h1-20,23-24,30,33H,21-22H2,(H2,34,35,36). The van der Waals surface area contributed by atoms with Crippen LogP contribution in [0.3, 0.4) is 0 Å². The molecule has 0 spiro atoms. The molecule has 0 aliphatic carbocycles. The molecule has 0 fully saturated rings. The third-order valence-corrected chi connectivity index (χ3v) is 7.80. The van der Waals surface area contributed by atoms with E-state index < -0.39 is 10.0 Å². The molecule has 4 aromatic carbocycles. The Balaban J connectivity index is 1.47. The number of hydrogen-bond donors (Lipinski definition) is 3. The van der Waals surface area contributed by atoms with Crippen LogP contribution in [0.25, 0.3) is 0 Å². The normalized spacial score (nSPS) is 12.0. The molecule has 39 heavy (non-hydrogen) atoms. The number of rotatable bonds is 11. The van der Waals surface area contributed by atoms with Crippen molar-refractivity contribution < 1.29 is 8.42 Å². The molecule has 0 amide bonds. The third kappa shape index (κ3) is 7.10. The Labute approximate surface area is 229 Å². The molecule has 1 unspecified atom stereocenters. The molecule has 1 heterocycles. The Morgan fingerprint density at radius 3 is 1.56 bits per heavy atom. The fourth-order valence-electron chi connectivity index (χ4n) is 4.45. The molecule has 0 saturated heterocycles. The summed E-state index contributed by atoms with van der Waals surface area (Å²) in [5.74, 6) is 1.33. The highest BCUT2D eigenvalue weighted by Gasteiger charge is 2.19. The lowest BCUT2D eigenvalue weighted by Crippen LogP contribution is -2.26. The maximum Gasteiger partial charge on any atom is 0.240 e. The van der Waals surface area contributed by atoms with Gasteiger partial charge in [-0.25, -0.2) is 18.1 Å². The van der Waals surface area contributed by atoms with E-state index in [0.717, 1.165) is 22.5 Å². The minimum absolute atomic E-state index is 0.0691. The quantitative estimate of drug-likeness (QED) is 0.169. The highest BCUT2D eigenvalue weighted by atomic mass is 32.2. The second-order valence-corrected chi connectivity index (χ2v) is 10.9. The SMILES string of the molecule is O=S(=O)(NCCC(c1ccccc1)c1cc(Nc2ccccc2)nc(Nc2ccccc2)c1)c1ccccc1. The van der Waals surface area contributed by atoms with Crippen molar-refractivity contribution in [1.29, 1.82) is 0 Å². The van der Waals surface area contributed by atoms with Gasteiger partial charge in [0.05, 0.1) is 4.90 Å². The first-order chi connectivity index (χ1) is 19.1. The van der Waals surface area contributed by atoms with Crippen LogP contribution in [0, 0.1) is 0 Å². The van der Waals surface area contributed by atoms with Gasteiger partial charge in [0, 0.05) is 23.8 Å². The van der Waals surface area contributed by atoms with Gasteiger partial charge in [-0.1, -0.05) is 84.9 Å². The van der Waals surface area contributed by atoms with Gasteiger partial charge in [-0.3, -0.25) is 0 Å². The number of anilines is 4. The molecular formula is C32H30N4O2S. The maximum absolute atomic E-state index is 12.9. The molecule has 1 aromatic heterocycles. The zero-order valence-electron chi connectivity index (χ0n) is 21.4. The molecule has 5 rings (SSSR count). The molecule has 6 nitrogen and oxygen atoms in total. The highest BCUT2D eigenvalue weighted by molar-refractivity contribution is 7.89. The summed E-state index contributed by atoms with van der Waals surface area (Å²) in [5.41, 5.74) is 3.98. The number of sulfonamides is 1. The van der Waals surface area contributed by atoms with Gasteiger partial charge in [-0.05, 0) is 66.1 Å². The molecule has 196 valence electrons. The van der Waals surface area contributed by atoms with E-state index in [0.29, 0.717) is 18.1 Å². The Hall–Kier alpha value is -4.46. The van der Waals surface area contributed by atoms with E-state index in [1.54, 1.807) is 30.3 Å². The van der Waals surface area contributed by atoms with Gasteiger partial charge < -0.3 is 10.6 Å². The molecule has 0 saturated carbocycles. The number of nitrogens with zero attached hydrogens (tertiary/aromatic N) is 1. The van der Waals surface area contributed by atoms with Crippen molar-refractivity contribution in [3.8, 4) is 0 Å². The average molecular weight is 535 g/mol. The van der Waals surface area contributed by atoms with Crippen molar-refractivity contribution in [2.75, 3.05) is 17.2 Å². The zero-order valence-corrected chi connectivity index (χ0v) is 22.2. The molecule has 7 heteroatoms. The van der Waals surface area contributed by atoms with Crippen molar-refractivity contribution in [3.63, 3.8) is 0 Å². The van der Waals surface area contributed by atoms with Gasteiger partial charge in [0.1, 0.15) is 11.6 Å². The van der Waals surface area contributed by atoms with Gasteiger partial charge >= 0.3 is 0 Å². The Morgan fingerprint density at radius 2 is 1.05 bits per heavy atom. The monoisotopic (exact) mass is 534 g/mol. The number of para-hydroxylation sites is 2. The topological polar surface area (TPSA) is 83.1 Å². The predicted molar refractivity (Wildman–Crippen MR) is 158 cm³/mol. The minimum Gasteiger partial charge on any atom is -0.340 e. The van der Waals surface area contributed by atoms with Crippen LogP contribution < -0.4 is 15.4 Å². The molecule has 0 aliphatic heterocycles. The number of hydrogen-bond acceptors (Lipinski definition) is 5. The Bertz CT molecular complexity index is 1520. The van der Waals surface area contributed by atoms with Crippen LogP contribution >= 0.6 is 0 Å². The summed E-state index contributed by atoms with van der Waals surface area (Å²) in [6.07, 6.45) is 0.565. The fraction of sp³-hybridized carbons (Fsp3) is 0.0938. The lowest BCUT2D eigenvalue weighted by molar-refractivity contribution is 0.575. The lowest BCUT2D eigenvalue weighted by Gasteiger charge is -2.21. The van der Waals surface area contributed by atoms with Crippen LogP contribution in [-0.4, -0.2) is 19.9 Å². The zero-order chi connectivity index (χ0) is 26.9. The van der Waals surface area contributed by atoms with Gasteiger partial charge in [-0.2, -0.15) is 0 Å². The minimum atomic E-state index is -3.61. The van der Waals surface area contributed by atoms with Gasteiger partial charge in [0.25, 0.3) is 0 Å². The maximum atomic E-state index is 12.9. The van der Waals surface area contributed by atoms with Crippen LogP contribution in [0.1, 0.15) is 23.5 Å². The number of nitrogens with one attached hydrogen (secondary N) is 3. The molecule has 1 atom stereocenters. The average Bonchev–Trinajstić information content (AvgIpc) is 2.97.